The number of hydrogen-bond donors (Lipinski definition) is 3. The lowest BCUT2D eigenvalue weighted by Crippen LogP contribution is -2.26. The minimum atomic E-state index is -0.0701. The molecule has 0 unspecified atom stereocenters. The predicted molar refractivity (Wildman–Crippen MR) is 81.8 cm³/mol. The number of rotatable bonds is 1. The Balaban J connectivity index is 2.15. The molecule has 3 N–H and O–H groups in total. The molecule has 3 rings (SSSR count). The van der Waals surface area contributed by atoms with Crippen LogP contribution in [0.15, 0.2) is 36.4 Å². The minimum Gasteiger partial charge on any atom is -0.508 e. The predicted octanol–water partition coefficient (Wildman–Crippen LogP) is 3.76. The van der Waals surface area contributed by atoms with Crippen LogP contribution in [0.1, 0.15) is 36.5 Å². The lowest BCUT2D eigenvalue weighted by atomic mass is 9.68. The first-order valence-electron chi connectivity index (χ1n) is 7.31. The van der Waals surface area contributed by atoms with Crippen LogP contribution >= 0.6 is 0 Å². The van der Waals surface area contributed by atoms with Crippen molar-refractivity contribution in [3.05, 3.63) is 53.1 Å². The van der Waals surface area contributed by atoms with Gasteiger partial charge in [-0.3, -0.25) is 0 Å². The normalized spacial score (nSPS) is 24.6. The highest BCUT2D eigenvalue weighted by atomic mass is 16.3. The zero-order chi connectivity index (χ0) is 15.1. The maximum Gasteiger partial charge on any atom is 0.157 e. The fraction of sp³-hybridized carbons (Fsp3) is 0.333. The zero-order valence-corrected chi connectivity index (χ0v) is 12.2. The third-order valence-corrected chi connectivity index (χ3v) is 4.79. The van der Waals surface area contributed by atoms with E-state index in [1.165, 1.54) is 0 Å². The molecular formula is C18H20O3. The van der Waals surface area contributed by atoms with Gasteiger partial charge in [-0.05, 0) is 59.2 Å². The topological polar surface area (TPSA) is 60.7 Å². The van der Waals surface area contributed by atoms with Gasteiger partial charge in [-0.1, -0.05) is 26.0 Å². The van der Waals surface area contributed by atoms with E-state index in [2.05, 4.69) is 13.8 Å². The molecular weight excluding hydrogens is 264 g/mol. The highest BCUT2D eigenvalue weighted by molar-refractivity contribution is 5.51. The molecule has 0 bridgehead atoms. The van der Waals surface area contributed by atoms with Crippen LogP contribution in [0.5, 0.6) is 17.2 Å². The molecule has 1 aliphatic rings. The van der Waals surface area contributed by atoms with E-state index >= 15 is 0 Å². The average Bonchev–Trinajstić information content (AvgIpc) is 2.44. The van der Waals surface area contributed by atoms with Crippen molar-refractivity contribution in [3.8, 4) is 17.2 Å². The standard InChI is InChI=1S/C18H20O3/c1-10-7-13-8-16(20)17(21)9-15(13)18(11(10)2)12-3-5-14(19)6-4-12/h3-6,8-11,18-21H,7H2,1-2H3/t10-,11-,18+/m1/s1. The van der Waals surface area contributed by atoms with Crippen molar-refractivity contribution in [3.63, 3.8) is 0 Å². The highest BCUT2D eigenvalue weighted by Crippen LogP contribution is 2.46. The summed E-state index contributed by atoms with van der Waals surface area (Å²) in [6, 6.07) is 10.6. The third kappa shape index (κ3) is 2.33. The van der Waals surface area contributed by atoms with Gasteiger partial charge in [0, 0.05) is 5.92 Å². The summed E-state index contributed by atoms with van der Waals surface area (Å²) in [6.45, 7) is 4.43. The summed E-state index contributed by atoms with van der Waals surface area (Å²) in [5.74, 6) is 1.20. The molecule has 2 aromatic rings. The zero-order valence-electron chi connectivity index (χ0n) is 12.2. The number of fused-ring (bicyclic) bond motifs is 1. The Hall–Kier alpha value is -2.16. The van der Waals surface area contributed by atoms with E-state index < -0.39 is 0 Å². The molecule has 2 aromatic carbocycles. The number of benzene rings is 2. The van der Waals surface area contributed by atoms with Crippen LogP contribution in [-0.2, 0) is 6.42 Å². The van der Waals surface area contributed by atoms with Crippen LogP contribution in [0.3, 0.4) is 0 Å². The first kappa shape index (κ1) is 13.8. The molecule has 1 aliphatic carbocycles. The van der Waals surface area contributed by atoms with Crippen LogP contribution < -0.4 is 0 Å². The first-order valence-corrected chi connectivity index (χ1v) is 7.31. The van der Waals surface area contributed by atoms with Crippen molar-refractivity contribution in [2.24, 2.45) is 11.8 Å². The van der Waals surface area contributed by atoms with Gasteiger partial charge in [0.1, 0.15) is 5.75 Å². The molecule has 3 nitrogen and oxygen atoms in total. The fourth-order valence-electron chi connectivity index (χ4n) is 3.41. The second-order valence-electron chi connectivity index (χ2n) is 6.15. The van der Waals surface area contributed by atoms with Gasteiger partial charge < -0.3 is 15.3 Å². The Bertz CT molecular complexity index is 661. The van der Waals surface area contributed by atoms with Crippen LogP contribution in [0.25, 0.3) is 0 Å². The molecule has 0 saturated carbocycles. The monoisotopic (exact) mass is 284 g/mol. The fourth-order valence-corrected chi connectivity index (χ4v) is 3.41. The van der Waals surface area contributed by atoms with Crippen molar-refractivity contribution in [1.29, 1.82) is 0 Å². The lowest BCUT2D eigenvalue weighted by Gasteiger charge is -2.36. The smallest absolute Gasteiger partial charge is 0.157 e. The Morgan fingerprint density at radius 2 is 1.52 bits per heavy atom. The van der Waals surface area contributed by atoms with E-state index in [0.29, 0.717) is 11.8 Å². The number of aromatic hydroxyl groups is 3. The molecule has 0 fully saturated rings. The van der Waals surface area contributed by atoms with E-state index in [9.17, 15) is 15.3 Å². The molecule has 0 saturated heterocycles. The molecule has 0 spiro atoms. The van der Waals surface area contributed by atoms with Crippen molar-refractivity contribution in [2.75, 3.05) is 0 Å². The average molecular weight is 284 g/mol. The van der Waals surface area contributed by atoms with Crippen molar-refractivity contribution >= 4 is 0 Å². The second-order valence-corrected chi connectivity index (χ2v) is 6.15. The van der Waals surface area contributed by atoms with Gasteiger partial charge in [-0.2, -0.15) is 0 Å². The molecule has 21 heavy (non-hydrogen) atoms. The van der Waals surface area contributed by atoms with E-state index in [-0.39, 0.29) is 23.2 Å². The summed E-state index contributed by atoms with van der Waals surface area (Å²) in [4.78, 5) is 0. The Morgan fingerprint density at radius 1 is 0.905 bits per heavy atom. The van der Waals surface area contributed by atoms with Gasteiger partial charge in [-0.25, -0.2) is 0 Å². The Kier molecular flexibility index (Phi) is 3.28. The number of phenolic OH excluding ortho intramolecular Hbond substituents is 3. The number of hydrogen-bond acceptors (Lipinski definition) is 3. The van der Waals surface area contributed by atoms with Gasteiger partial charge in [-0.15, -0.1) is 0 Å². The molecule has 0 aromatic heterocycles. The van der Waals surface area contributed by atoms with Crippen LogP contribution in [0.4, 0.5) is 0 Å². The molecule has 110 valence electrons. The summed E-state index contributed by atoms with van der Waals surface area (Å²) < 4.78 is 0. The molecule has 0 radical (unpaired) electrons. The summed E-state index contributed by atoms with van der Waals surface area (Å²) in [5.41, 5.74) is 3.29. The SMILES string of the molecule is C[C@H]1[C@@H](c2ccc(O)cc2)c2cc(O)c(O)cc2C[C@H]1C. The van der Waals surface area contributed by atoms with Crippen LogP contribution in [-0.4, -0.2) is 15.3 Å². The van der Waals surface area contributed by atoms with Crippen molar-refractivity contribution < 1.29 is 15.3 Å². The molecule has 0 aliphatic heterocycles. The summed E-state index contributed by atoms with van der Waals surface area (Å²) in [5, 5.41) is 29.1. The first-order chi connectivity index (χ1) is 9.97. The van der Waals surface area contributed by atoms with Gasteiger partial charge in [0.15, 0.2) is 11.5 Å². The van der Waals surface area contributed by atoms with E-state index in [1.807, 2.05) is 12.1 Å². The van der Waals surface area contributed by atoms with Gasteiger partial charge in [0.25, 0.3) is 0 Å². The molecule has 3 atom stereocenters. The lowest BCUT2D eigenvalue weighted by molar-refractivity contribution is 0.322. The molecule has 0 amide bonds. The van der Waals surface area contributed by atoms with Crippen LogP contribution in [0.2, 0.25) is 0 Å². The van der Waals surface area contributed by atoms with E-state index in [4.69, 9.17) is 0 Å². The maximum atomic E-state index is 9.85. The summed E-state index contributed by atoms with van der Waals surface area (Å²) >= 11 is 0. The van der Waals surface area contributed by atoms with Gasteiger partial charge in [0.05, 0.1) is 0 Å². The van der Waals surface area contributed by atoms with Gasteiger partial charge in [0.2, 0.25) is 0 Å². The highest BCUT2D eigenvalue weighted by Gasteiger charge is 2.33. The third-order valence-electron chi connectivity index (χ3n) is 4.79. The molecule has 0 heterocycles. The van der Waals surface area contributed by atoms with E-state index in [1.54, 1.807) is 24.3 Å². The Labute approximate surface area is 124 Å². The summed E-state index contributed by atoms with van der Waals surface area (Å²) in [6.07, 6.45) is 0.902. The van der Waals surface area contributed by atoms with Crippen molar-refractivity contribution in [2.45, 2.75) is 26.2 Å². The largest absolute Gasteiger partial charge is 0.508 e. The van der Waals surface area contributed by atoms with Crippen molar-refractivity contribution in [1.82, 2.24) is 0 Å². The summed E-state index contributed by atoms with van der Waals surface area (Å²) in [7, 11) is 0. The van der Waals surface area contributed by atoms with E-state index in [0.717, 1.165) is 23.1 Å². The number of phenols is 3. The molecule has 3 heteroatoms. The van der Waals surface area contributed by atoms with Gasteiger partial charge >= 0.3 is 0 Å². The quantitative estimate of drug-likeness (QED) is 0.699. The minimum absolute atomic E-state index is 0.0556. The second kappa shape index (κ2) is 4.99. The maximum absolute atomic E-state index is 9.85. The Morgan fingerprint density at radius 3 is 2.19 bits per heavy atom. The van der Waals surface area contributed by atoms with Crippen LogP contribution in [0, 0.1) is 11.8 Å².